The molecule has 1 fully saturated rings. The number of nitrogens with one attached hydrogen (secondary N) is 1. The van der Waals surface area contributed by atoms with Crippen molar-refractivity contribution < 1.29 is 14.4 Å². The molecule has 0 saturated carbocycles. The number of anilines is 1. The zero-order valence-electron chi connectivity index (χ0n) is 17.2. The molecule has 1 aliphatic heterocycles. The Morgan fingerprint density at radius 1 is 1.00 bits per heavy atom. The van der Waals surface area contributed by atoms with Crippen LogP contribution in [0, 0.1) is 6.92 Å². The normalized spacial score (nSPS) is 13.5. The standard InChI is InChI=1S/C23H19ClN4O4/c1-14-12-19(29)22(26-28(14)18-8-4-16(24)5-9-18)23(32)25-17-6-2-15(3-7-17)13-27-20(30)10-11-21(27)31/h2-9,12H,10-11,13H2,1H3,(H,25,32). The summed E-state index contributed by atoms with van der Waals surface area (Å²) in [5.74, 6) is -1.01. The van der Waals surface area contributed by atoms with Gasteiger partial charge in [0.05, 0.1) is 12.2 Å². The SMILES string of the molecule is Cc1cc(=O)c(C(=O)Nc2ccc(CN3C(=O)CCC3=O)cc2)nn1-c1ccc(Cl)cc1. The van der Waals surface area contributed by atoms with E-state index in [4.69, 9.17) is 11.6 Å². The van der Waals surface area contributed by atoms with Gasteiger partial charge in [-0.25, -0.2) is 4.68 Å². The summed E-state index contributed by atoms with van der Waals surface area (Å²) in [5, 5.41) is 7.46. The van der Waals surface area contributed by atoms with Crippen molar-refractivity contribution in [3.63, 3.8) is 0 Å². The number of aromatic nitrogens is 2. The van der Waals surface area contributed by atoms with Gasteiger partial charge in [0.15, 0.2) is 5.69 Å². The average molecular weight is 451 g/mol. The number of nitrogens with zero attached hydrogens (tertiary/aromatic N) is 3. The van der Waals surface area contributed by atoms with E-state index in [1.165, 1.54) is 15.6 Å². The van der Waals surface area contributed by atoms with Gasteiger partial charge in [-0.2, -0.15) is 5.10 Å². The molecule has 4 rings (SSSR count). The van der Waals surface area contributed by atoms with E-state index in [1.54, 1.807) is 55.5 Å². The maximum atomic E-state index is 12.7. The van der Waals surface area contributed by atoms with Crippen LogP contribution in [-0.2, 0) is 16.1 Å². The summed E-state index contributed by atoms with van der Waals surface area (Å²) in [6.45, 7) is 1.91. The van der Waals surface area contributed by atoms with Crippen molar-refractivity contribution in [3.8, 4) is 5.69 Å². The number of hydrogen-bond acceptors (Lipinski definition) is 5. The Kier molecular flexibility index (Phi) is 5.87. The number of aryl methyl sites for hydroxylation is 1. The highest BCUT2D eigenvalue weighted by molar-refractivity contribution is 6.30. The van der Waals surface area contributed by atoms with Crippen LogP contribution < -0.4 is 10.7 Å². The van der Waals surface area contributed by atoms with Crippen LogP contribution in [0.5, 0.6) is 0 Å². The monoisotopic (exact) mass is 450 g/mol. The van der Waals surface area contributed by atoms with Crippen molar-refractivity contribution >= 4 is 35.0 Å². The van der Waals surface area contributed by atoms with Crippen LogP contribution in [0.2, 0.25) is 5.02 Å². The van der Waals surface area contributed by atoms with Crippen LogP contribution in [0.25, 0.3) is 5.69 Å². The van der Waals surface area contributed by atoms with Crippen molar-refractivity contribution in [2.24, 2.45) is 0 Å². The molecule has 1 aromatic heterocycles. The first kappa shape index (κ1) is 21.5. The molecule has 2 aromatic carbocycles. The summed E-state index contributed by atoms with van der Waals surface area (Å²) in [6.07, 6.45) is 0.480. The Balaban J connectivity index is 1.52. The molecule has 162 valence electrons. The number of amides is 3. The molecule has 0 spiro atoms. The van der Waals surface area contributed by atoms with Gasteiger partial charge in [0.2, 0.25) is 17.2 Å². The molecule has 0 bridgehead atoms. The molecule has 9 heteroatoms. The van der Waals surface area contributed by atoms with Crippen molar-refractivity contribution in [3.05, 3.63) is 86.8 Å². The lowest BCUT2D eigenvalue weighted by Crippen LogP contribution is -2.28. The number of rotatable bonds is 5. The van der Waals surface area contributed by atoms with E-state index >= 15 is 0 Å². The molecule has 1 saturated heterocycles. The summed E-state index contributed by atoms with van der Waals surface area (Å²) in [7, 11) is 0. The zero-order valence-corrected chi connectivity index (χ0v) is 17.9. The third-order valence-electron chi connectivity index (χ3n) is 5.10. The van der Waals surface area contributed by atoms with Crippen LogP contribution >= 0.6 is 11.6 Å². The van der Waals surface area contributed by atoms with Crippen LogP contribution in [0.15, 0.2) is 59.4 Å². The number of likely N-dealkylation sites (tertiary alicyclic amines) is 1. The van der Waals surface area contributed by atoms with E-state index in [2.05, 4.69) is 10.4 Å². The number of carbonyl (C=O) groups is 3. The van der Waals surface area contributed by atoms with Crippen LogP contribution in [0.4, 0.5) is 5.69 Å². The lowest BCUT2D eigenvalue weighted by Gasteiger charge is -2.14. The number of hydrogen-bond donors (Lipinski definition) is 1. The molecule has 3 amide bonds. The molecule has 3 aromatic rings. The van der Waals surface area contributed by atoms with Gasteiger partial charge >= 0.3 is 0 Å². The highest BCUT2D eigenvalue weighted by Gasteiger charge is 2.28. The highest BCUT2D eigenvalue weighted by atomic mass is 35.5. The Hall–Kier alpha value is -3.78. The van der Waals surface area contributed by atoms with Crippen LogP contribution in [0.3, 0.4) is 0 Å². The second kappa shape index (κ2) is 8.76. The summed E-state index contributed by atoms with van der Waals surface area (Å²) in [6, 6.07) is 14.9. The van der Waals surface area contributed by atoms with Gasteiger partial charge in [0.25, 0.3) is 5.91 Å². The largest absolute Gasteiger partial charge is 0.320 e. The molecule has 1 aliphatic rings. The first-order chi connectivity index (χ1) is 15.3. The molecule has 0 radical (unpaired) electrons. The lowest BCUT2D eigenvalue weighted by atomic mass is 10.2. The Bertz CT molecular complexity index is 1250. The van der Waals surface area contributed by atoms with Gasteiger partial charge < -0.3 is 5.32 Å². The van der Waals surface area contributed by atoms with Gasteiger partial charge in [-0.15, -0.1) is 0 Å². The minimum Gasteiger partial charge on any atom is -0.320 e. The Morgan fingerprint density at radius 3 is 2.25 bits per heavy atom. The van der Waals surface area contributed by atoms with E-state index in [1.807, 2.05) is 0 Å². The lowest BCUT2D eigenvalue weighted by molar-refractivity contribution is -0.139. The summed E-state index contributed by atoms with van der Waals surface area (Å²) >= 11 is 5.93. The first-order valence-corrected chi connectivity index (χ1v) is 10.3. The fourth-order valence-electron chi connectivity index (χ4n) is 3.41. The predicted octanol–water partition coefficient (Wildman–Crippen LogP) is 3.10. The first-order valence-electron chi connectivity index (χ1n) is 9.92. The predicted molar refractivity (Wildman–Crippen MR) is 119 cm³/mol. The van der Waals surface area contributed by atoms with Crippen molar-refractivity contribution in [1.82, 2.24) is 14.7 Å². The van der Waals surface area contributed by atoms with Gasteiger partial charge in [0.1, 0.15) is 0 Å². The smallest absolute Gasteiger partial charge is 0.280 e. The van der Waals surface area contributed by atoms with Gasteiger partial charge in [0, 0.05) is 35.3 Å². The Labute approximate surface area is 188 Å². The molecule has 8 nitrogen and oxygen atoms in total. The second-order valence-corrected chi connectivity index (χ2v) is 7.85. The maximum Gasteiger partial charge on any atom is 0.280 e. The van der Waals surface area contributed by atoms with Crippen LogP contribution in [-0.4, -0.2) is 32.4 Å². The molecule has 0 unspecified atom stereocenters. The number of benzene rings is 2. The average Bonchev–Trinajstić information content (AvgIpc) is 3.08. The van der Waals surface area contributed by atoms with Crippen molar-refractivity contribution in [1.29, 1.82) is 0 Å². The quantitative estimate of drug-likeness (QED) is 0.602. The van der Waals surface area contributed by atoms with E-state index in [0.717, 1.165) is 5.56 Å². The van der Waals surface area contributed by atoms with E-state index < -0.39 is 11.3 Å². The summed E-state index contributed by atoms with van der Waals surface area (Å²) in [5.41, 5.74) is 1.71. The third kappa shape index (κ3) is 4.45. The number of imide groups is 1. The number of halogens is 1. The third-order valence-corrected chi connectivity index (χ3v) is 5.35. The second-order valence-electron chi connectivity index (χ2n) is 7.41. The van der Waals surface area contributed by atoms with Gasteiger partial charge in [-0.1, -0.05) is 23.7 Å². The fraction of sp³-hybridized carbons (Fsp3) is 0.174. The van der Waals surface area contributed by atoms with Crippen molar-refractivity contribution in [2.45, 2.75) is 26.3 Å². The topological polar surface area (TPSA) is 101 Å². The minimum absolute atomic E-state index is 0.185. The molecule has 2 heterocycles. The Morgan fingerprint density at radius 2 is 1.62 bits per heavy atom. The maximum absolute atomic E-state index is 12.7. The molecule has 0 aliphatic carbocycles. The van der Waals surface area contributed by atoms with E-state index in [-0.39, 0.29) is 36.9 Å². The minimum atomic E-state index is -0.643. The molecular formula is C23H19ClN4O4. The van der Waals surface area contributed by atoms with E-state index in [9.17, 15) is 19.2 Å². The number of carbonyl (C=O) groups excluding carboxylic acids is 3. The molecule has 1 N–H and O–H groups in total. The molecule has 0 atom stereocenters. The molecular weight excluding hydrogens is 432 g/mol. The van der Waals surface area contributed by atoms with E-state index in [0.29, 0.717) is 22.1 Å². The van der Waals surface area contributed by atoms with Crippen molar-refractivity contribution in [2.75, 3.05) is 5.32 Å². The molecule has 32 heavy (non-hydrogen) atoms. The van der Waals surface area contributed by atoms with Gasteiger partial charge in [-0.05, 0) is 48.9 Å². The summed E-state index contributed by atoms with van der Waals surface area (Å²) in [4.78, 5) is 49.9. The van der Waals surface area contributed by atoms with Gasteiger partial charge in [-0.3, -0.25) is 24.1 Å². The van der Waals surface area contributed by atoms with Crippen LogP contribution in [0.1, 0.15) is 34.6 Å². The zero-order chi connectivity index (χ0) is 22.8. The fourth-order valence-corrected chi connectivity index (χ4v) is 3.54. The summed E-state index contributed by atoms with van der Waals surface area (Å²) < 4.78 is 1.50. The highest BCUT2D eigenvalue weighted by Crippen LogP contribution is 2.18.